The molecule has 5 heteroatoms. The number of carbonyl (C=O) groups excluding carboxylic acids is 1. The molecule has 4 nitrogen and oxygen atoms in total. The van der Waals surface area contributed by atoms with Gasteiger partial charge in [0.1, 0.15) is 18.8 Å². The number of ether oxygens (including phenoxy) is 1. The second-order valence-electron chi connectivity index (χ2n) is 9.84. The van der Waals surface area contributed by atoms with Gasteiger partial charge in [0.15, 0.2) is 6.20 Å². The summed E-state index contributed by atoms with van der Waals surface area (Å²) >= 11 is 6.43. The first kappa shape index (κ1) is 30.2. The molecular formula is C31H48ClN2O2+. The summed E-state index contributed by atoms with van der Waals surface area (Å²) in [4.78, 5) is 12.5. The van der Waals surface area contributed by atoms with Crippen molar-refractivity contribution in [1.29, 1.82) is 0 Å². The molecule has 0 saturated heterocycles. The van der Waals surface area contributed by atoms with Crippen molar-refractivity contribution < 1.29 is 14.1 Å². The average molecular weight is 516 g/mol. The van der Waals surface area contributed by atoms with Crippen LogP contribution in [0.4, 0.5) is 0 Å². The minimum absolute atomic E-state index is 0.0110. The van der Waals surface area contributed by atoms with Crippen molar-refractivity contribution in [3.05, 3.63) is 58.9 Å². The van der Waals surface area contributed by atoms with Crippen molar-refractivity contribution in [2.24, 2.45) is 0 Å². The van der Waals surface area contributed by atoms with Crippen molar-refractivity contribution in [2.45, 2.75) is 117 Å². The molecule has 0 aliphatic carbocycles. The summed E-state index contributed by atoms with van der Waals surface area (Å²) in [6.45, 7) is 6.58. The number of pyridine rings is 1. The van der Waals surface area contributed by atoms with Crippen LogP contribution >= 0.6 is 11.6 Å². The Balaban J connectivity index is 1.58. The van der Waals surface area contributed by atoms with Crippen molar-refractivity contribution >= 4 is 17.5 Å². The molecule has 0 radical (unpaired) electrons. The molecule has 0 atom stereocenters. The number of unbranched alkanes of at least 4 members (excludes halogenated alkanes) is 11. The van der Waals surface area contributed by atoms with Crippen LogP contribution in [0.5, 0.6) is 5.75 Å². The van der Waals surface area contributed by atoms with E-state index in [4.69, 9.17) is 16.3 Å². The van der Waals surface area contributed by atoms with E-state index >= 15 is 0 Å². The molecule has 0 aliphatic heterocycles. The van der Waals surface area contributed by atoms with E-state index in [0.717, 1.165) is 30.6 Å². The maximum atomic E-state index is 12.5. The van der Waals surface area contributed by atoms with E-state index in [-0.39, 0.29) is 5.91 Å². The van der Waals surface area contributed by atoms with E-state index in [9.17, 15) is 4.79 Å². The molecule has 0 aliphatic rings. The summed E-state index contributed by atoms with van der Waals surface area (Å²) in [7, 11) is 0. The number of aryl methyl sites for hydroxylation is 1. The van der Waals surface area contributed by atoms with E-state index in [1.54, 1.807) is 0 Å². The third-order valence-corrected chi connectivity index (χ3v) is 6.88. The zero-order valence-electron chi connectivity index (χ0n) is 22.7. The molecule has 1 heterocycles. The Labute approximate surface area is 224 Å². The molecule has 0 saturated carbocycles. The molecular weight excluding hydrogens is 468 g/mol. The normalized spacial score (nSPS) is 11.0. The number of hydrogen-bond acceptors (Lipinski definition) is 2. The zero-order valence-corrected chi connectivity index (χ0v) is 23.5. The van der Waals surface area contributed by atoms with Crippen LogP contribution in [0.1, 0.15) is 109 Å². The van der Waals surface area contributed by atoms with Gasteiger partial charge in [0.2, 0.25) is 11.6 Å². The smallest absolute Gasteiger partial charge is 0.224 e. The van der Waals surface area contributed by atoms with Gasteiger partial charge < -0.3 is 10.1 Å². The topological polar surface area (TPSA) is 42.2 Å². The van der Waals surface area contributed by atoms with E-state index in [1.807, 2.05) is 30.3 Å². The van der Waals surface area contributed by atoms with Crippen molar-refractivity contribution in [1.82, 2.24) is 5.32 Å². The number of carbonyl (C=O) groups is 1. The Bertz CT molecular complexity index is 871. The highest BCUT2D eigenvalue weighted by Crippen LogP contribution is 2.26. The number of aromatic nitrogens is 1. The van der Waals surface area contributed by atoms with Crippen LogP contribution < -0.4 is 14.6 Å². The quantitative estimate of drug-likeness (QED) is 0.143. The third kappa shape index (κ3) is 12.8. The molecule has 1 amide bonds. The number of nitrogens with one attached hydrogen (secondary N) is 1. The summed E-state index contributed by atoms with van der Waals surface area (Å²) in [5, 5.41) is 3.60. The molecule has 0 fully saturated rings. The van der Waals surface area contributed by atoms with Crippen LogP contribution in [0.2, 0.25) is 5.02 Å². The fourth-order valence-electron chi connectivity index (χ4n) is 4.46. The van der Waals surface area contributed by atoms with Crippen LogP contribution in [0.3, 0.4) is 0 Å². The van der Waals surface area contributed by atoms with Gasteiger partial charge in [-0.15, -0.1) is 0 Å². The highest BCUT2D eigenvalue weighted by atomic mass is 35.5. The maximum absolute atomic E-state index is 12.5. The number of rotatable bonds is 20. The molecule has 2 rings (SSSR count). The van der Waals surface area contributed by atoms with Gasteiger partial charge >= 0.3 is 0 Å². The number of benzene rings is 1. The summed E-state index contributed by atoms with van der Waals surface area (Å²) in [6.07, 6.45) is 19.4. The predicted molar refractivity (Wildman–Crippen MR) is 151 cm³/mol. The molecule has 2 aromatic rings. The minimum atomic E-state index is -0.0110. The highest BCUT2D eigenvalue weighted by Gasteiger charge is 2.12. The Morgan fingerprint density at radius 3 is 2.17 bits per heavy atom. The average Bonchev–Trinajstić information content (AvgIpc) is 2.87. The van der Waals surface area contributed by atoms with Crippen molar-refractivity contribution in [2.75, 3.05) is 6.61 Å². The molecule has 36 heavy (non-hydrogen) atoms. The van der Waals surface area contributed by atoms with E-state index < -0.39 is 0 Å². The molecule has 1 aromatic heterocycles. The monoisotopic (exact) mass is 515 g/mol. The SMILES string of the molecule is CCCCCCCCCCCCCCOc1ccc(CC(=O)NCc2cccc[n+]2CCC)cc1Cl. The van der Waals surface area contributed by atoms with Gasteiger partial charge in [0.05, 0.1) is 18.1 Å². The van der Waals surface area contributed by atoms with E-state index in [2.05, 4.69) is 36.0 Å². The first-order valence-electron chi connectivity index (χ1n) is 14.3. The van der Waals surface area contributed by atoms with Gasteiger partial charge in [-0.05, 0) is 24.1 Å². The second-order valence-corrected chi connectivity index (χ2v) is 10.2. The summed E-state index contributed by atoms with van der Waals surface area (Å²) < 4.78 is 8.08. The number of hydrogen-bond donors (Lipinski definition) is 1. The molecule has 0 bridgehead atoms. The largest absolute Gasteiger partial charge is 0.492 e. The fourth-order valence-corrected chi connectivity index (χ4v) is 4.72. The van der Waals surface area contributed by atoms with Gasteiger partial charge in [-0.2, -0.15) is 0 Å². The fraction of sp³-hybridized carbons (Fsp3) is 0.613. The number of amides is 1. The van der Waals surface area contributed by atoms with E-state index in [0.29, 0.717) is 30.3 Å². The highest BCUT2D eigenvalue weighted by molar-refractivity contribution is 6.32. The van der Waals surface area contributed by atoms with Crippen LogP contribution in [0.25, 0.3) is 0 Å². The third-order valence-electron chi connectivity index (χ3n) is 6.58. The van der Waals surface area contributed by atoms with Crippen LogP contribution in [0.15, 0.2) is 42.6 Å². The van der Waals surface area contributed by atoms with Gasteiger partial charge in [-0.25, -0.2) is 4.57 Å². The van der Waals surface area contributed by atoms with Crippen molar-refractivity contribution in [3.63, 3.8) is 0 Å². The molecule has 0 spiro atoms. The summed E-state index contributed by atoms with van der Waals surface area (Å²) in [6, 6.07) is 11.7. The first-order valence-corrected chi connectivity index (χ1v) is 14.7. The molecule has 1 aromatic carbocycles. The Morgan fingerprint density at radius 1 is 0.861 bits per heavy atom. The van der Waals surface area contributed by atoms with Gasteiger partial charge in [0.25, 0.3) is 0 Å². The number of nitrogens with zero attached hydrogens (tertiary/aromatic N) is 1. The summed E-state index contributed by atoms with van der Waals surface area (Å²) in [5.74, 6) is 0.692. The van der Waals surface area contributed by atoms with E-state index in [1.165, 1.54) is 70.6 Å². The lowest BCUT2D eigenvalue weighted by molar-refractivity contribution is -0.704. The second kappa shape index (κ2) is 19.1. The molecule has 1 N–H and O–H groups in total. The maximum Gasteiger partial charge on any atom is 0.224 e. The van der Waals surface area contributed by atoms with Gasteiger partial charge in [-0.3, -0.25) is 4.79 Å². The van der Waals surface area contributed by atoms with Crippen LogP contribution in [-0.4, -0.2) is 12.5 Å². The van der Waals surface area contributed by atoms with Crippen LogP contribution in [-0.2, 0) is 24.3 Å². The first-order chi connectivity index (χ1) is 17.6. The minimum Gasteiger partial charge on any atom is -0.492 e. The summed E-state index contributed by atoms with van der Waals surface area (Å²) in [5.41, 5.74) is 2.00. The Morgan fingerprint density at radius 2 is 1.53 bits per heavy atom. The standard InChI is InChI=1S/C31H47ClN2O2/c1-3-5-6-7-8-9-10-11-12-13-14-17-23-36-30-20-19-27(24-29(30)32)25-31(35)33-26-28-18-15-16-22-34(28)21-4-2/h15-16,18-20,22,24H,3-14,17,21,23,25-26H2,1-2H3/p+1. The molecule has 200 valence electrons. The Hall–Kier alpha value is -2.07. The predicted octanol–water partition coefficient (Wildman–Crippen LogP) is 7.98. The lowest BCUT2D eigenvalue weighted by Crippen LogP contribution is -2.40. The number of halogens is 1. The van der Waals surface area contributed by atoms with Crippen LogP contribution in [0, 0.1) is 0 Å². The lowest BCUT2D eigenvalue weighted by atomic mass is 10.1. The zero-order chi connectivity index (χ0) is 25.8. The van der Waals surface area contributed by atoms with Gasteiger partial charge in [-0.1, -0.05) is 108 Å². The lowest BCUT2D eigenvalue weighted by Gasteiger charge is -2.10. The van der Waals surface area contributed by atoms with Crippen molar-refractivity contribution in [3.8, 4) is 5.75 Å². The Kier molecular flexibility index (Phi) is 16.0. The van der Waals surface area contributed by atoms with Gasteiger partial charge in [0, 0.05) is 18.6 Å². The molecule has 0 unspecified atom stereocenters.